The molecule has 0 unspecified atom stereocenters. The zero-order valence-electron chi connectivity index (χ0n) is 14.9. The van der Waals surface area contributed by atoms with Crippen LogP contribution in [0, 0.1) is 11.3 Å². The summed E-state index contributed by atoms with van der Waals surface area (Å²) < 4.78 is 0. The first-order valence-corrected chi connectivity index (χ1v) is 8.80. The van der Waals surface area contributed by atoms with Crippen molar-refractivity contribution in [2.75, 3.05) is 17.2 Å². The van der Waals surface area contributed by atoms with Crippen molar-refractivity contribution >= 4 is 17.4 Å². The van der Waals surface area contributed by atoms with Gasteiger partial charge in [-0.15, -0.1) is 0 Å². The summed E-state index contributed by atoms with van der Waals surface area (Å²) in [5.74, 6) is 0.463. The summed E-state index contributed by atoms with van der Waals surface area (Å²) in [4.78, 5) is 16.7. The maximum absolute atomic E-state index is 12.4. The first kappa shape index (κ1) is 18.2. The van der Waals surface area contributed by atoms with Crippen molar-refractivity contribution in [3.05, 3.63) is 89.6 Å². The fourth-order valence-electron chi connectivity index (χ4n) is 2.65. The summed E-state index contributed by atoms with van der Waals surface area (Å²) in [7, 11) is 0. The summed E-state index contributed by atoms with van der Waals surface area (Å²) in [6.07, 6.45) is 3.59. The molecule has 0 saturated heterocycles. The fraction of sp³-hybridized carbons (Fsp3) is 0.136. The molecular weight excluding hydrogens is 336 g/mol. The second-order valence-corrected chi connectivity index (χ2v) is 6.09. The molecule has 5 nitrogen and oxygen atoms in total. The average Bonchev–Trinajstić information content (AvgIpc) is 2.73. The molecule has 27 heavy (non-hydrogen) atoms. The molecule has 1 amide bonds. The van der Waals surface area contributed by atoms with Gasteiger partial charge in [0.2, 0.25) is 0 Å². The topological polar surface area (TPSA) is 77.8 Å². The number of carbonyl (C=O) groups is 1. The van der Waals surface area contributed by atoms with Crippen molar-refractivity contribution in [1.29, 1.82) is 5.26 Å². The molecule has 134 valence electrons. The van der Waals surface area contributed by atoms with E-state index in [1.165, 1.54) is 5.56 Å². The zero-order chi connectivity index (χ0) is 18.9. The lowest BCUT2D eigenvalue weighted by atomic mass is 10.1. The highest BCUT2D eigenvalue weighted by Crippen LogP contribution is 2.13. The van der Waals surface area contributed by atoms with Crippen LogP contribution < -0.4 is 10.6 Å². The van der Waals surface area contributed by atoms with E-state index in [0.29, 0.717) is 22.6 Å². The van der Waals surface area contributed by atoms with Crippen molar-refractivity contribution in [2.45, 2.75) is 12.8 Å². The van der Waals surface area contributed by atoms with Crippen LogP contribution in [0.4, 0.5) is 11.5 Å². The number of amides is 1. The normalized spacial score (nSPS) is 10.0. The van der Waals surface area contributed by atoms with Crippen LogP contribution in [0.3, 0.4) is 0 Å². The largest absolute Gasteiger partial charge is 0.370 e. The number of anilines is 2. The van der Waals surface area contributed by atoms with Crippen molar-refractivity contribution in [1.82, 2.24) is 4.98 Å². The smallest absolute Gasteiger partial charge is 0.255 e. The molecular formula is C22H20N4O. The van der Waals surface area contributed by atoms with Gasteiger partial charge in [-0.25, -0.2) is 4.98 Å². The third-order valence-corrected chi connectivity index (χ3v) is 4.09. The lowest BCUT2D eigenvalue weighted by Crippen LogP contribution is -2.13. The Bertz CT molecular complexity index is 931. The van der Waals surface area contributed by atoms with Gasteiger partial charge in [-0.05, 0) is 54.8 Å². The van der Waals surface area contributed by atoms with Crippen molar-refractivity contribution < 1.29 is 4.79 Å². The van der Waals surface area contributed by atoms with E-state index >= 15 is 0 Å². The number of aromatic nitrogens is 1. The predicted molar refractivity (Wildman–Crippen MR) is 107 cm³/mol. The number of hydrogen-bond donors (Lipinski definition) is 2. The minimum atomic E-state index is -0.213. The van der Waals surface area contributed by atoms with Gasteiger partial charge in [-0.1, -0.05) is 30.3 Å². The van der Waals surface area contributed by atoms with Gasteiger partial charge in [0.1, 0.15) is 5.82 Å². The first-order valence-electron chi connectivity index (χ1n) is 8.80. The molecule has 0 aliphatic rings. The summed E-state index contributed by atoms with van der Waals surface area (Å²) in [5, 5.41) is 14.9. The Kier molecular flexibility index (Phi) is 6.16. The summed E-state index contributed by atoms with van der Waals surface area (Å²) in [6.45, 7) is 0.780. The SMILES string of the molecule is N#Cc1ccc(NC(=O)c2ccnc(NCCCc3ccccc3)c2)cc1. The van der Waals surface area contributed by atoms with Crippen LogP contribution in [0.25, 0.3) is 0 Å². The molecule has 2 aromatic carbocycles. The molecule has 0 radical (unpaired) electrons. The quantitative estimate of drug-likeness (QED) is 0.620. The van der Waals surface area contributed by atoms with Crippen LogP contribution in [0.1, 0.15) is 27.9 Å². The van der Waals surface area contributed by atoms with Gasteiger partial charge in [0, 0.05) is 24.0 Å². The molecule has 3 aromatic rings. The van der Waals surface area contributed by atoms with Crippen molar-refractivity contribution in [3.63, 3.8) is 0 Å². The highest BCUT2D eigenvalue weighted by atomic mass is 16.1. The Morgan fingerprint density at radius 3 is 2.56 bits per heavy atom. The first-order chi connectivity index (χ1) is 13.2. The monoisotopic (exact) mass is 356 g/mol. The van der Waals surface area contributed by atoms with Gasteiger partial charge in [0.25, 0.3) is 5.91 Å². The van der Waals surface area contributed by atoms with Crippen LogP contribution in [-0.4, -0.2) is 17.4 Å². The molecule has 1 heterocycles. The molecule has 0 fully saturated rings. The average molecular weight is 356 g/mol. The van der Waals surface area contributed by atoms with Crippen LogP contribution in [0.2, 0.25) is 0 Å². The van der Waals surface area contributed by atoms with Crippen LogP contribution in [-0.2, 0) is 6.42 Å². The lowest BCUT2D eigenvalue weighted by molar-refractivity contribution is 0.102. The summed E-state index contributed by atoms with van der Waals surface area (Å²) in [5.41, 5.74) is 3.04. The van der Waals surface area contributed by atoms with Gasteiger partial charge in [-0.3, -0.25) is 4.79 Å². The molecule has 3 rings (SSSR count). The van der Waals surface area contributed by atoms with Crippen molar-refractivity contribution in [2.24, 2.45) is 0 Å². The summed E-state index contributed by atoms with van der Waals surface area (Å²) >= 11 is 0. The molecule has 0 aliphatic heterocycles. The Balaban J connectivity index is 1.53. The van der Waals surface area contributed by atoms with E-state index in [0.717, 1.165) is 19.4 Å². The third-order valence-electron chi connectivity index (χ3n) is 4.09. The lowest BCUT2D eigenvalue weighted by Gasteiger charge is -2.08. The Labute approximate surface area is 158 Å². The number of nitriles is 1. The molecule has 2 N–H and O–H groups in total. The van der Waals surface area contributed by atoms with Crippen LogP contribution in [0.15, 0.2) is 72.9 Å². The number of nitrogens with one attached hydrogen (secondary N) is 2. The standard InChI is InChI=1S/C22H20N4O/c23-16-18-8-10-20(11-9-18)26-22(27)19-12-14-25-21(15-19)24-13-4-7-17-5-2-1-3-6-17/h1-3,5-6,8-12,14-15H,4,7,13H2,(H,24,25)(H,26,27). The molecule has 0 saturated carbocycles. The number of benzene rings is 2. The van der Waals surface area contributed by atoms with E-state index in [1.807, 2.05) is 18.2 Å². The molecule has 0 spiro atoms. The van der Waals surface area contributed by atoms with Crippen LogP contribution in [0.5, 0.6) is 0 Å². The van der Waals surface area contributed by atoms with E-state index in [2.05, 4.69) is 33.8 Å². The van der Waals surface area contributed by atoms with E-state index in [1.54, 1.807) is 42.6 Å². The van der Waals surface area contributed by atoms with Gasteiger partial charge < -0.3 is 10.6 Å². The maximum Gasteiger partial charge on any atom is 0.255 e. The van der Waals surface area contributed by atoms with E-state index in [-0.39, 0.29) is 5.91 Å². The molecule has 5 heteroatoms. The second kappa shape index (κ2) is 9.16. The number of nitrogens with zero attached hydrogens (tertiary/aromatic N) is 2. The number of carbonyl (C=O) groups excluding carboxylic acids is 1. The predicted octanol–water partition coefficient (Wildman–Crippen LogP) is 4.25. The Hall–Kier alpha value is -3.65. The molecule has 1 aromatic heterocycles. The Morgan fingerprint density at radius 1 is 1.04 bits per heavy atom. The van der Waals surface area contributed by atoms with E-state index < -0.39 is 0 Å². The van der Waals surface area contributed by atoms with E-state index in [4.69, 9.17) is 5.26 Å². The van der Waals surface area contributed by atoms with Crippen LogP contribution >= 0.6 is 0 Å². The molecule has 0 aliphatic carbocycles. The molecule has 0 bridgehead atoms. The number of pyridine rings is 1. The third kappa shape index (κ3) is 5.41. The number of aryl methyl sites for hydroxylation is 1. The van der Waals surface area contributed by atoms with Gasteiger partial charge in [-0.2, -0.15) is 5.26 Å². The van der Waals surface area contributed by atoms with Gasteiger partial charge in [0.05, 0.1) is 11.6 Å². The van der Waals surface area contributed by atoms with Gasteiger partial charge in [0.15, 0.2) is 0 Å². The fourth-order valence-corrected chi connectivity index (χ4v) is 2.65. The number of hydrogen-bond acceptors (Lipinski definition) is 4. The minimum Gasteiger partial charge on any atom is -0.370 e. The minimum absolute atomic E-state index is 0.213. The Morgan fingerprint density at radius 2 is 1.81 bits per heavy atom. The maximum atomic E-state index is 12.4. The second-order valence-electron chi connectivity index (χ2n) is 6.09. The molecule has 0 atom stereocenters. The number of rotatable bonds is 7. The zero-order valence-corrected chi connectivity index (χ0v) is 14.9. The highest BCUT2D eigenvalue weighted by Gasteiger charge is 2.07. The van der Waals surface area contributed by atoms with Gasteiger partial charge >= 0.3 is 0 Å². The van der Waals surface area contributed by atoms with E-state index in [9.17, 15) is 4.79 Å². The highest BCUT2D eigenvalue weighted by molar-refractivity contribution is 6.04. The van der Waals surface area contributed by atoms with Crippen molar-refractivity contribution in [3.8, 4) is 6.07 Å². The summed E-state index contributed by atoms with van der Waals surface area (Å²) in [6, 6.07) is 22.6.